The zero-order valence-corrected chi connectivity index (χ0v) is 12.4. The van der Waals surface area contributed by atoms with Crippen molar-refractivity contribution in [2.75, 3.05) is 0 Å². The number of H-pyrrole nitrogens is 1. The molecule has 2 N–H and O–H groups in total. The van der Waals surface area contributed by atoms with Crippen molar-refractivity contribution in [2.24, 2.45) is 0 Å². The van der Waals surface area contributed by atoms with Crippen LogP contribution in [0.2, 0.25) is 0 Å². The highest BCUT2D eigenvalue weighted by Gasteiger charge is 2.14. The highest BCUT2D eigenvalue weighted by atomic mass is 16.2. The van der Waals surface area contributed by atoms with E-state index in [0.717, 1.165) is 19.3 Å². The molecule has 1 heterocycles. The molecule has 1 unspecified atom stereocenters. The topological polar surface area (TPSA) is 84.0 Å². The third-order valence-corrected chi connectivity index (χ3v) is 3.76. The Labute approximate surface area is 122 Å². The van der Waals surface area contributed by atoms with Crippen LogP contribution in [0.4, 0.5) is 0 Å². The maximum atomic E-state index is 12.0. The number of rotatable bonds is 4. The maximum absolute atomic E-state index is 12.0. The fourth-order valence-electron chi connectivity index (χ4n) is 2.53. The zero-order valence-electron chi connectivity index (χ0n) is 12.4. The molecule has 1 aromatic heterocycles. The number of hydrogen-bond donors (Lipinski definition) is 2. The van der Waals surface area contributed by atoms with Gasteiger partial charge in [-0.05, 0) is 39.5 Å². The molecule has 21 heavy (non-hydrogen) atoms. The molecule has 0 spiro atoms. The zero-order chi connectivity index (χ0) is 15.4. The summed E-state index contributed by atoms with van der Waals surface area (Å²) in [6.45, 7) is 3.46. The molecule has 6 nitrogen and oxygen atoms in total. The number of hydrogen-bond acceptors (Lipinski definition) is 3. The van der Waals surface area contributed by atoms with E-state index in [4.69, 9.17) is 0 Å². The molecule has 0 saturated heterocycles. The molecule has 0 bridgehead atoms. The minimum Gasteiger partial charge on any atom is -0.348 e. The van der Waals surface area contributed by atoms with E-state index in [1.807, 2.05) is 6.92 Å². The largest absolute Gasteiger partial charge is 0.348 e. The van der Waals surface area contributed by atoms with Crippen molar-refractivity contribution in [1.82, 2.24) is 14.9 Å². The maximum Gasteiger partial charge on any atom is 0.328 e. The number of nitrogens with one attached hydrogen (secondary N) is 2. The minimum absolute atomic E-state index is 0.0163. The van der Waals surface area contributed by atoms with Crippen LogP contribution in [-0.2, 0) is 11.3 Å². The molecule has 2 rings (SSSR count). The average Bonchev–Trinajstić information content (AvgIpc) is 2.45. The predicted octanol–water partition coefficient (Wildman–Crippen LogP) is 0.850. The van der Waals surface area contributed by atoms with E-state index in [1.165, 1.54) is 22.8 Å². The van der Waals surface area contributed by atoms with Crippen molar-refractivity contribution < 1.29 is 4.79 Å². The Hall–Kier alpha value is -2.11. The van der Waals surface area contributed by atoms with E-state index in [9.17, 15) is 14.4 Å². The second-order valence-corrected chi connectivity index (χ2v) is 5.51. The van der Waals surface area contributed by atoms with Crippen LogP contribution < -0.4 is 16.6 Å². The number of aromatic nitrogens is 2. The van der Waals surface area contributed by atoms with E-state index in [1.54, 1.807) is 6.92 Å². The van der Waals surface area contributed by atoms with Crippen molar-refractivity contribution in [3.63, 3.8) is 0 Å². The lowest BCUT2D eigenvalue weighted by Gasteiger charge is -2.21. The summed E-state index contributed by atoms with van der Waals surface area (Å²) in [5.41, 5.74) is 0.674. The summed E-state index contributed by atoms with van der Waals surface area (Å²) < 4.78 is 1.22. The van der Waals surface area contributed by atoms with Crippen LogP contribution in [0.1, 0.15) is 38.2 Å². The summed E-state index contributed by atoms with van der Waals surface area (Å²) in [6, 6.07) is -0.0163. The van der Waals surface area contributed by atoms with Crippen LogP contribution in [0.5, 0.6) is 0 Å². The molecular weight excluding hydrogens is 270 g/mol. The Morgan fingerprint density at radius 1 is 1.43 bits per heavy atom. The van der Waals surface area contributed by atoms with Crippen molar-refractivity contribution in [1.29, 1.82) is 0 Å². The van der Waals surface area contributed by atoms with Crippen LogP contribution in [0.25, 0.3) is 0 Å². The van der Waals surface area contributed by atoms with Gasteiger partial charge in [0.1, 0.15) is 6.54 Å². The van der Waals surface area contributed by atoms with E-state index in [0.29, 0.717) is 5.56 Å². The predicted molar refractivity (Wildman–Crippen MR) is 80.2 cm³/mol. The molecular formula is C15H21N3O3. The summed E-state index contributed by atoms with van der Waals surface area (Å²) in [6.07, 6.45) is 8.03. The molecule has 0 fully saturated rings. The first-order chi connectivity index (χ1) is 9.97. The number of nitrogens with zero attached hydrogens (tertiary/aromatic N) is 1. The van der Waals surface area contributed by atoms with Gasteiger partial charge >= 0.3 is 5.69 Å². The molecule has 1 aliphatic carbocycles. The van der Waals surface area contributed by atoms with Crippen molar-refractivity contribution >= 4 is 5.91 Å². The quantitative estimate of drug-likeness (QED) is 0.807. The number of aryl methyl sites for hydroxylation is 1. The third kappa shape index (κ3) is 3.93. The average molecular weight is 291 g/mol. The minimum atomic E-state index is -0.565. The standard InChI is InChI=1S/C15H21N3O3/c1-10-8-18(15(21)17-14(10)20)9-13(19)16-11(2)12-6-4-3-5-7-12/h6,8,11H,3-5,7,9H2,1-2H3,(H,16,19)(H,17,20,21). The van der Waals surface area contributed by atoms with E-state index < -0.39 is 11.2 Å². The van der Waals surface area contributed by atoms with Crippen LogP contribution in [0, 0.1) is 6.92 Å². The molecule has 1 aromatic rings. The summed E-state index contributed by atoms with van der Waals surface area (Å²) >= 11 is 0. The lowest BCUT2D eigenvalue weighted by Crippen LogP contribution is -2.40. The lowest BCUT2D eigenvalue weighted by atomic mass is 9.95. The smallest absolute Gasteiger partial charge is 0.328 e. The highest BCUT2D eigenvalue weighted by molar-refractivity contribution is 5.76. The van der Waals surface area contributed by atoms with Gasteiger partial charge in [0.2, 0.25) is 5.91 Å². The Morgan fingerprint density at radius 2 is 2.19 bits per heavy atom. The SMILES string of the molecule is Cc1cn(CC(=O)NC(C)C2=CCCCC2)c(=O)[nH]c1=O. The van der Waals surface area contributed by atoms with Gasteiger partial charge in [0, 0.05) is 17.8 Å². The van der Waals surface area contributed by atoms with Crippen LogP contribution >= 0.6 is 0 Å². The van der Waals surface area contributed by atoms with Gasteiger partial charge in [-0.15, -0.1) is 0 Å². The van der Waals surface area contributed by atoms with Gasteiger partial charge < -0.3 is 5.32 Å². The summed E-state index contributed by atoms with van der Waals surface area (Å²) in [5.74, 6) is -0.234. The normalized spacial score (nSPS) is 16.2. The fraction of sp³-hybridized carbons (Fsp3) is 0.533. The van der Waals surface area contributed by atoms with E-state index in [2.05, 4.69) is 16.4 Å². The van der Waals surface area contributed by atoms with E-state index in [-0.39, 0.29) is 18.5 Å². The highest BCUT2D eigenvalue weighted by Crippen LogP contribution is 2.19. The van der Waals surface area contributed by atoms with Gasteiger partial charge in [0.05, 0.1) is 0 Å². The Morgan fingerprint density at radius 3 is 2.86 bits per heavy atom. The van der Waals surface area contributed by atoms with E-state index >= 15 is 0 Å². The number of carbonyl (C=O) groups is 1. The molecule has 0 saturated carbocycles. The fourth-order valence-corrected chi connectivity index (χ4v) is 2.53. The second-order valence-electron chi connectivity index (χ2n) is 5.51. The second kappa shape index (κ2) is 6.56. The first-order valence-corrected chi connectivity index (χ1v) is 7.26. The van der Waals surface area contributed by atoms with Crippen molar-refractivity contribution in [2.45, 2.75) is 52.1 Å². The van der Waals surface area contributed by atoms with Gasteiger partial charge in [0.15, 0.2) is 0 Å². The lowest BCUT2D eigenvalue weighted by molar-refractivity contribution is -0.122. The molecule has 0 aliphatic heterocycles. The molecule has 6 heteroatoms. The van der Waals surface area contributed by atoms with Crippen LogP contribution in [0.3, 0.4) is 0 Å². The van der Waals surface area contributed by atoms with Gasteiger partial charge in [-0.3, -0.25) is 19.1 Å². The third-order valence-electron chi connectivity index (χ3n) is 3.76. The first kappa shape index (κ1) is 15.3. The monoisotopic (exact) mass is 291 g/mol. The van der Waals surface area contributed by atoms with Crippen LogP contribution in [0.15, 0.2) is 27.4 Å². The Balaban J connectivity index is 2.02. The Bertz CT molecular complexity index is 669. The molecule has 1 atom stereocenters. The Kier molecular flexibility index (Phi) is 4.77. The van der Waals surface area contributed by atoms with Gasteiger partial charge in [-0.2, -0.15) is 0 Å². The summed E-state index contributed by atoms with van der Waals surface area (Å²) in [5, 5.41) is 2.90. The number of carbonyl (C=O) groups excluding carboxylic acids is 1. The summed E-state index contributed by atoms with van der Waals surface area (Å²) in [4.78, 5) is 37.1. The number of allylic oxidation sites excluding steroid dienone is 1. The first-order valence-electron chi connectivity index (χ1n) is 7.26. The van der Waals surface area contributed by atoms with Crippen molar-refractivity contribution in [3.05, 3.63) is 44.2 Å². The summed E-state index contributed by atoms with van der Waals surface area (Å²) in [7, 11) is 0. The van der Waals surface area contributed by atoms with Gasteiger partial charge in [-0.1, -0.05) is 11.6 Å². The van der Waals surface area contributed by atoms with Gasteiger partial charge in [-0.25, -0.2) is 4.79 Å². The molecule has 114 valence electrons. The van der Waals surface area contributed by atoms with Crippen molar-refractivity contribution in [3.8, 4) is 0 Å². The molecule has 1 aliphatic rings. The molecule has 0 radical (unpaired) electrons. The molecule has 1 amide bonds. The van der Waals surface area contributed by atoms with Gasteiger partial charge in [0.25, 0.3) is 5.56 Å². The van der Waals surface area contributed by atoms with Crippen LogP contribution in [-0.4, -0.2) is 21.5 Å². The molecule has 0 aromatic carbocycles. The number of aromatic amines is 1. The number of amides is 1.